The second-order valence-electron chi connectivity index (χ2n) is 6.01. The monoisotopic (exact) mass is 392 g/mol. The summed E-state index contributed by atoms with van der Waals surface area (Å²) in [5, 5.41) is 18.5. The van der Waals surface area contributed by atoms with Crippen LogP contribution in [-0.4, -0.2) is 63.6 Å². The summed E-state index contributed by atoms with van der Waals surface area (Å²) >= 11 is 1.37. The van der Waals surface area contributed by atoms with E-state index in [1.807, 2.05) is 0 Å². The number of carbonyl (C=O) groups excluding carboxylic acids is 1. The number of amides is 1. The average Bonchev–Trinajstić information content (AvgIpc) is 2.35. The Morgan fingerprint density at radius 3 is 1.84 bits per heavy atom. The van der Waals surface area contributed by atoms with Crippen molar-refractivity contribution < 1.29 is 42.5 Å². The largest absolute Gasteiger partial charge is 0.490 e. The highest BCUT2D eigenvalue weighted by Crippen LogP contribution is 2.13. The summed E-state index contributed by atoms with van der Waals surface area (Å²) in [6.45, 7) is 7.23. The van der Waals surface area contributed by atoms with Crippen LogP contribution in [0.1, 0.15) is 27.7 Å². The molecule has 0 aromatic heterocycles. The van der Waals surface area contributed by atoms with Crippen LogP contribution in [0.3, 0.4) is 0 Å². The Morgan fingerprint density at radius 2 is 1.52 bits per heavy atom. The minimum Gasteiger partial charge on any atom is -0.480 e. The summed E-state index contributed by atoms with van der Waals surface area (Å²) in [6, 6.07) is 0. The predicted octanol–water partition coefficient (Wildman–Crippen LogP) is 1.68. The standard InChI is InChI=1S/C11H22N2O4S.C2HF3O2/c1-10(2,3)17-9(16)13-5-6-18-7-11(4,12)8(14)15;3-2(4,5)1(6)7/h5-7,12H2,1-4H3,(H,13,16)(H,14,15);(H,6,7)/t11-;/m0./s1. The summed E-state index contributed by atoms with van der Waals surface area (Å²) in [6.07, 6.45) is -5.56. The molecular weight excluding hydrogens is 369 g/mol. The van der Waals surface area contributed by atoms with Gasteiger partial charge in [0.1, 0.15) is 11.1 Å². The van der Waals surface area contributed by atoms with E-state index in [1.165, 1.54) is 18.7 Å². The number of alkyl halides is 3. The molecule has 5 N–H and O–H groups in total. The number of halogens is 3. The molecule has 0 heterocycles. The molecule has 0 aliphatic heterocycles. The Kier molecular flexibility index (Phi) is 10.6. The van der Waals surface area contributed by atoms with Crippen LogP contribution in [0.15, 0.2) is 0 Å². The van der Waals surface area contributed by atoms with E-state index in [2.05, 4.69) is 5.32 Å². The quantitative estimate of drug-likeness (QED) is 0.501. The van der Waals surface area contributed by atoms with Gasteiger partial charge in [-0.2, -0.15) is 24.9 Å². The van der Waals surface area contributed by atoms with Gasteiger partial charge in [-0.25, -0.2) is 9.59 Å². The van der Waals surface area contributed by atoms with Gasteiger partial charge in [-0.3, -0.25) is 4.79 Å². The normalized spacial score (nSPS) is 13.8. The molecule has 0 fully saturated rings. The number of aliphatic carboxylic acids is 2. The van der Waals surface area contributed by atoms with Crippen molar-refractivity contribution in [2.75, 3.05) is 18.1 Å². The molecule has 12 heteroatoms. The molecule has 8 nitrogen and oxygen atoms in total. The maximum atomic E-state index is 11.3. The fourth-order valence-electron chi connectivity index (χ4n) is 0.885. The molecule has 0 saturated carbocycles. The number of carboxylic acid groups (broad SMARTS) is 2. The molecule has 0 radical (unpaired) electrons. The van der Waals surface area contributed by atoms with E-state index < -0.39 is 35.3 Å². The molecule has 0 rings (SSSR count). The van der Waals surface area contributed by atoms with Gasteiger partial charge in [-0.1, -0.05) is 0 Å². The average molecular weight is 392 g/mol. The summed E-state index contributed by atoms with van der Waals surface area (Å²) in [4.78, 5) is 30.9. The van der Waals surface area contributed by atoms with Crippen molar-refractivity contribution >= 4 is 29.8 Å². The Hall–Kier alpha value is -1.69. The topological polar surface area (TPSA) is 139 Å². The zero-order valence-electron chi connectivity index (χ0n) is 14.3. The van der Waals surface area contributed by atoms with E-state index in [0.29, 0.717) is 18.1 Å². The zero-order chi connectivity index (χ0) is 20.5. The minimum atomic E-state index is -5.08. The first-order valence-corrected chi connectivity index (χ1v) is 8.01. The van der Waals surface area contributed by atoms with E-state index in [4.69, 9.17) is 25.5 Å². The molecule has 0 aliphatic carbocycles. The number of nitrogens with one attached hydrogen (secondary N) is 1. The number of hydrogen-bond acceptors (Lipinski definition) is 6. The van der Waals surface area contributed by atoms with Crippen molar-refractivity contribution in [3.8, 4) is 0 Å². The first-order valence-electron chi connectivity index (χ1n) is 6.86. The number of carboxylic acids is 2. The lowest BCUT2D eigenvalue weighted by Crippen LogP contribution is -2.47. The van der Waals surface area contributed by atoms with E-state index >= 15 is 0 Å². The van der Waals surface area contributed by atoms with Crippen molar-refractivity contribution in [3.05, 3.63) is 0 Å². The molecule has 148 valence electrons. The first-order chi connectivity index (χ1) is 11.0. The van der Waals surface area contributed by atoms with Gasteiger partial charge >= 0.3 is 24.2 Å². The van der Waals surface area contributed by atoms with Crippen LogP contribution in [0.5, 0.6) is 0 Å². The number of ether oxygens (including phenoxy) is 1. The van der Waals surface area contributed by atoms with E-state index in [0.717, 1.165) is 0 Å². The molecule has 1 atom stereocenters. The first kappa shape index (κ1) is 25.5. The highest BCUT2D eigenvalue weighted by Gasteiger charge is 2.38. The SMILES string of the molecule is CC(C)(C)OC(=O)NCCSC[C@](C)(N)C(=O)O.O=C(O)C(F)(F)F. The smallest absolute Gasteiger partial charge is 0.480 e. The van der Waals surface area contributed by atoms with Crippen LogP contribution in [-0.2, 0) is 14.3 Å². The molecule has 0 bridgehead atoms. The summed E-state index contributed by atoms with van der Waals surface area (Å²) in [7, 11) is 0. The fourth-order valence-corrected chi connectivity index (χ4v) is 1.82. The van der Waals surface area contributed by atoms with E-state index in [1.54, 1.807) is 20.8 Å². The second kappa shape index (κ2) is 10.3. The van der Waals surface area contributed by atoms with E-state index in [9.17, 15) is 22.8 Å². The van der Waals surface area contributed by atoms with Gasteiger partial charge in [0.15, 0.2) is 0 Å². The molecule has 0 spiro atoms. The van der Waals surface area contributed by atoms with E-state index in [-0.39, 0.29) is 0 Å². The second-order valence-corrected chi connectivity index (χ2v) is 7.11. The van der Waals surface area contributed by atoms with Crippen molar-refractivity contribution in [2.24, 2.45) is 5.73 Å². The van der Waals surface area contributed by atoms with Crippen molar-refractivity contribution in [1.29, 1.82) is 0 Å². The summed E-state index contributed by atoms with van der Waals surface area (Å²) < 4.78 is 36.8. The van der Waals surface area contributed by atoms with Gasteiger partial charge in [0.2, 0.25) is 0 Å². The Morgan fingerprint density at radius 1 is 1.08 bits per heavy atom. The third kappa shape index (κ3) is 15.6. The Bertz CT molecular complexity index is 464. The highest BCUT2D eigenvalue weighted by atomic mass is 32.2. The molecule has 0 aromatic carbocycles. The van der Waals surface area contributed by atoms with Crippen LogP contribution < -0.4 is 11.1 Å². The van der Waals surface area contributed by atoms with Gasteiger partial charge in [0.25, 0.3) is 0 Å². The number of rotatable bonds is 6. The molecular formula is C13H23F3N2O6S. The number of thioether (sulfide) groups is 1. The van der Waals surface area contributed by atoms with Crippen molar-refractivity contribution in [2.45, 2.75) is 45.0 Å². The lowest BCUT2D eigenvalue weighted by molar-refractivity contribution is -0.192. The molecule has 1 amide bonds. The van der Waals surface area contributed by atoms with Crippen LogP contribution in [0, 0.1) is 0 Å². The molecule has 0 aliphatic rings. The zero-order valence-corrected chi connectivity index (χ0v) is 15.1. The predicted molar refractivity (Wildman–Crippen MR) is 85.5 cm³/mol. The lowest BCUT2D eigenvalue weighted by atomic mass is 10.1. The molecule has 25 heavy (non-hydrogen) atoms. The number of alkyl carbamates (subject to hydrolysis) is 1. The van der Waals surface area contributed by atoms with Crippen LogP contribution in [0.25, 0.3) is 0 Å². The number of nitrogens with two attached hydrogens (primary N) is 1. The third-order valence-corrected chi connectivity index (χ3v) is 3.34. The van der Waals surface area contributed by atoms with Crippen molar-refractivity contribution in [3.63, 3.8) is 0 Å². The number of carbonyl (C=O) groups is 3. The van der Waals surface area contributed by atoms with Gasteiger partial charge in [-0.05, 0) is 27.7 Å². The molecule has 0 aromatic rings. The maximum absolute atomic E-state index is 11.3. The maximum Gasteiger partial charge on any atom is 0.490 e. The number of hydrogen-bond donors (Lipinski definition) is 4. The fraction of sp³-hybridized carbons (Fsp3) is 0.769. The Balaban J connectivity index is 0. The summed E-state index contributed by atoms with van der Waals surface area (Å²) in [5.41, 5.74) is 3.80. The molecule has 0 saturated heterocycles. The lowest BCUT2D eigenvalue weighted by Gasteiger charge is -2.20. The van der Waals surface area contributed by atoms with Gasteiger partial charge in [0.05, 0.1) is 0 Å². The van der Waals surface area contributed by atoms with Crippen LogP contribution in [0.2, 0.25) is 0 Å². The third-order valence-electron chi connectivity index (χ3n) is 2.05. The van der Waals surface area contributed by atoms with Crippen LogP contribution >= 0.6 is 11.8 Å². The Labute approximate surface area is 147 Å². The molecule has 0 unspecified atom stereocenters. The van der Waals surface area contributed by atoms with Gasteiger partial charge in [0, 0.05) is 18.1 Å². The van der Waals surface area contributed by atoms with Crippen LogP contribution in [0.4, 0.5) is 18.0 Å². The van der Waals surface area contributed by atoms with Gasteiger partial charge in [-0.15, -0.1) is 0 Å². The summed E-state index contributed by atoms with van der Waals surface area (Å²) in [5.74, 6) is -2.92. The minimum absolute atomic E-state index is 0.290. The van der Waals surface area contributed by atoms with Gasteiger partial charge < -0.3 is 26.0 Å². The highest BCUT2D eigenvalue weighted by molar-refractivity contribution is 7.99. The van der Waals surface area contributed by atoms with Crippen molar-refractivity contribution in [1.82, 2.24) is 5.32 Å².